The molecule has 0 amide bonds. The Morgan fingerprint density at radius 2 is 1.46 bits per heavy atom. The molecule has 0 radical (unpaired) electrons. The molecule has 8 nitrogen and oxygen atoms in total. The third kappa shape index (κ3) is 4.68. The Balaban J connectivity index is 0.000000240. The number of nitrogens with one attached hydrogen (secondary N) is 1. The summed E-state index contributed by atoms with van der Waals surface area (Å²) in [7, 11) is 0. The Morgan fingerprint density at radius 1 is 0.958 bits per heavy atom. The van der Waals surface area contributed by atoms with Crippen molar-refractivity contribution in [3.05, 3.63) is 54.8 Å². The van der Waals surface area contributed by atoms with Crippen LogP contribution in [0, 0.1) is 13.8 Å². The molecule has 0 aliphatic heterocycles. The molecule has 0 spiro atoms. The van der Waals surface area contributed by atoms with E-state index < -0.39 is 0 Å². The molecule has 2 heterocycles. The number of rotatable bonds is 2. The number of anilines is 1. The van der Waals surface area contributed by atoms with Crippen molar-refractivity contribution < 1.29 is 0 Å². The summed E-state index contributed by atoms with van der Waals surface area (Å²) >= 11 is 0. The molecule has 3 N–H and O–H groups in total. The molecule has 0 fully saturated rings. The minimum absolute atomic E-state index is 0.0769. The number of aromatic amines is 1. The summed E-state index contributed by atoms with van der Waals surface area (Å²) in [5, 5.41) is 0. The lowest BCUT2D eigenvalue weighted by Gasteiger charge is -2.09. The first-order valence-corrected chi connectivity index (χ1v) is 7.72. The summed E-state index contributed by atoms with van der Waals surface area (Å²) in [4.78, 5) is 39.2. The molecule has 0 saturated carbocycles. The van der Waals surface area contributed by atoms with Gasteiger partial charge in [0, 0.05) is 35.6 Å². The van der Waals surface area contributed by atoms with Gasteiger partial charge in [0.05, 0.1) is 0 Å². The summed E-state index contributed by atoms with van der Waals surface area (Å²) < 4.78 is 3.06. The van der Waals surface area contributed by atoms with Gasteiger partial charge in [0.1, 0.15) is 5.82 Å². The lowest BCUT2D eigenvalue weighted by molar-refractivity contribution is 0.558. The normalized spacial score (nSPS) is 10.7. The van der Waals surface area contributed by atoms with Gasteiger partial charge in [0.2, 0.25) is 0 Å². The van der Waals surface area contributed by atoms with E-state index in [1.807, 2.05) is 34.6 Å². The Bertz CT molecular complexity index is 875. The van der Waals surface area contributed by atoms with Crippen LogP contribution in [0.25, 0.3) is 0 Å². The van der Waals surface area contributed by atoms with E-state index in [1.54, 1.807) is 23.9 Å². The number of nitrogen functional groups attached to an aromatic ring is 1. The van der Waals surface area contributed by atoms with E-state index in [0.717, 1.165) is 5.56 Å². The monoisotopic (exact) mass is 335 g/mol. The number of H-pyrrole nitrogens is 1. The van der Waals surface area contributed by atoms with Crippen LogP contribution >= 0.6 is 0 Å². The fourth-order valence-corrected chi connectivity index (χ4v) is 1.92. The van der Waals surface area contributed by atoms with E-state index in [4.69, 9.17) is 5.73 Å². The van der Waals surface area contributed by atoms with Crippen LogP contribution in [0.15, 0.2) is 26.8 Å². The minimum atomic E-state index is -0.347. The van der Waals surface area contributed by atoms with Crippen LogP contribution < -0.4 is 22.7 Å². The van der Waals surface area contributed by atoms with Crippen molar-refractivity contribution >= 4 is 5.82 Å². The van der Waals surface area contributed by atoms with Gasteiger partial charge < -0.3 is 5.73 Å². The van der Waals surface area contributed by atoms with Crippen LogP contribution in [0.3, 0.4) is 0 Å². The number of hydrogen-bond donors (Lipinski definition) is 2. The second kappa shape index (κ2) is 7.76. The van der Waals surface area contributed by atoms with Crippen LogP contribution in [0.2, 0.25) is 0 Å². The standard InChI is InChI=1S/C8H13N3O.C8H12N2O2/c1-5(2)11-4-6(3)7(9)10-8(11)12;1-5(2)10-4-6(3)7(11)9-8(10)12/h4-5H,1-3H3,(H2,9,10,12);4-5H,1-3H3,(H,9,11,12). The van der Waals surface area contributed by atoms with Crippen molar-refractivity contribution in [1.29, 1.82) is 0 Å². The molecular formula is C16H25N5O3. The Hall–Kier alpha value is -2.64. The van der Waals surface area contributed by atoms with Crippen LogP contribution in [-0.4, -0.2) is 19.1 Å². The maximum absolute atomic E-state index is 11.2. The van der Waals surface area contributed by atoms with Crippen LogP contribution in [0.5, 0.6) is 0 Å². The molecular weight excluding hydrogens is 310 g/mol. The third-order valence-electron chi connectivity index (χ3n) is 3.43. The Labute approximate surface area is 140 Å². The van der Waals surface area contributed by atoms with E-state index in [1.165, 1.54) is 4.57 Å². The fraction of sp³-hybridized carbons (Fsp3) is 0.500. The second-order valence-electron chi connectivity index (χ2n) is 6.17. The van der Waals surface area contributed by atoms with Gasteiger partial charge in [-0.1, -0.05) is 0 Å². The van der Waals surface area contributed by atoms with Crippen molar-refractivity contribution in [2.24, 2.45) is 0 Å². The molecule has 2 aromatic rings. The maximum atomic E-state index is 11.2. The van der Waals surface area contributed by atoms with Gasteiger partial charge in [0.15, 0.2) is 0 Å². The van der Waals surface area contributed by atoms with Gasteiger partial charge in [-0.25, -0.2) is 9.59 Å². The maximum Gasteiger partial charge on any atom is 0.349 e. The van der Waals surface area contributed by atoms with E-state index in [0.29, 0.717) is 11.4 Å². The van der Waals surface area contributed by atoms with Crippen LogP contribution in [0.1, 0.15) is 50.9 Å². The number of hydrogen-bond acceptors (Lipinski definition) is 5. The molecule has 0 bridgehead atoms. The van der Waals surface area contributed by atoms with Crippen molar-refractivity contribution in [2.45, 2.75) is 53.6 Å². The lowest BCUT2D eigenvalue weighted by atomic mass is 10.3. The molecule has 0 saturated heterocycles. The first-order chi connectivity index (χ1) is 11.0. The number of nitrogens with two attached hydrogens (primary N) is 1. The van der Waals surface area contributed by atoms with Gasteiger partial charge in [-0.05, 0) is 41.5 Å². The van der Waals surface area contributed by atoms with Crippen molar-refractivity contribution in [2.75, 3.05) is 5.73 Å². The summed E-state index contributed by atoms with van der Waals surface area (Å²) in [6.07, 6.45) is 3.31. The predicted octanol–water partition coefficient (Wildman–Crippen LogP) is 1.14. The van der Waals surface area contributed by atoms with E-state index in [9.17, 15) is 14.4 Å². The smallest absolute Gasteiger partial charge is 0.349 e. The van der Waals surface area contributed by atoms with Crippen molar-refractivity contribution in [3.63, 3.8) is 0 Å². The molecule has 24 heavy (non-hydrogen) atoms. The van der Waals surface area contributed by atoms with E-state index in [-0.39, 0.29) is 29.0 Å². The lowest BCUT2D eigenvalue weighted by Crippen LogP contribution is -2.31. The average Bonchev–Trinajstić information content (AvgIpc) is 2.46. The molecule has 2 rings (SSSR count). The van der Waals surface area contributed by atoms with Gasteiger partial charge >= 0.3 is 11.4 Å². The van der Waals surface area contributed by atoms with Gasteiger partial charge in [-0.2, -0.15) is 4.98 Å². The molecule has 0 unspecified atom stereocenters. The SMILES string of the molecule is Cc1cn(C(C)C)c(=O)[nH]c1=O.Cc1cn(C(C)C)c(=O)nc1N. The molecule has 0 aliphatic rings. The first-order valence-electron chi connectivity index (χ1n) is 7.72. The highest BCUT2D eigenvalue weighted by Crippen LogP contribution is 2.05. The zero-order valence-corrected chi connectivity index (χ0v) is 15.0. The molecule has 0 atom stereocenters. The average molecular weight is 335 g/mol. The van der Waals surface area contributed by atoms with Crippen molar-refractivity contribution in [1.82, 2.24) is 19.1 Å². The summed E-state index contributed by atoms with van der Waals surface area (Å²) in [6, 6.07) is 0.206. The highest BCUT2D eigenvalue weighted by Gasteiger charge is 2.04. The van der Waals surface area contributed by atoms with E-state index in [2.05, 4.69) is 9.97 Å². The Morgan fingerprint density at radius 3 is 1.96 bits per heavy atom. The van der Waals surface area contributed by atoms with Gasteiger partial charge in [-0.3, -0.25) is 18.9 Å². The third-order valence-corrected chi connectivity index (χ3v) is 3.43. The minimum Gasteiger partial charge on any atom is -0.383 e. The molecule has 8 heteroatoms. The van der Waals surface area contributed by atoms with Gasteiger partial charge in [0.25, 0.3) is 5.56 Å². The highest BCUT2D eigenvalue weighted by molar-refractivity contribution is 5.35. The largest absolute Gasteiger partial charge is 0.383 e. The van der Waals surface area contributed by atoms with E-state index >= 15 is 0 Å². The molecule has 132 valence electrons. The zero-order chi connectivity index (χ0) is 18.6. The predicted molar refractivity (Wildman–Crippen MR) is 94.5 cm³/mol. The van der Waals surface area contributed by atoms with Crippen LogP contribution in [0.4, 0.5) is 5.82 Å². The number of aromatic nitrogens is 4. The number of nitrogens with zero attached hydrogens (tertiary/aromatic N) is 3. The summed E-state index contributed by atoms with van der Waals surface area (Å²) in [5.41, 5.74) is 5.92. The molecule has 2 aromatic heterocycles. The second-order valence-corrected chi connectivity index (χ2v) is 6.17. The quantitative estimate of drug-likeness (QED) is 0.854. The number of aryl methyl sites for hydroxylation is 2. The fourth-order valence-electron chi connectivity index (χ4n) is 1.92. The topological polar surface area (TPSA) is 116 Å². The van der Waals surface area contributed by atoms with Crippen LogP contribution in [-0.2, 0) is 0 Å². The highest BCUT2D eigenvalue weighted by atomic mass is 16.2. The Kier molecular flexibility index (Phi) is 6.27. The summed E-state index contributed by atoms with van der Waals surface area (Å²) in [5.74, 6) is 0.317. The van der Waals surface area contributed by atoms with Gasteiger partial charge in [-0.15, -0.1) is 0 Å². The van der Waals surface area contributed by atoms with Crippen molar-refractivity contribution in [3.8, 4) is 0 Å². The zero-order valence-electron chi connectivity index (χ0n) is 15.0. The first kappa shape index (κ1) is 19.4. The molecule has 0 aromatic carbocycles. The molecule has 0 aliphatic carbocycles. The summed E-state index contributed by atoms with van der Waals surface area (Å²) in [6.45, 7) is 11.1.